The number of fused-ring (bicyclic) bond motifs is 3. The van der Waals surface area contributed by atoms with Gasteiger partial charge in [0, 0.05) is 21.3 Å². The van der Waals surface area contributed by atoms with E-state index >= 15 is 0 Å². The van der Waals surface area contributed by atoms with Crippen LogP contribution in [0.25, 0.3) is 0 Å². The lowest BCUT2D eigenvalue weighted by atomic mass is 9.67. The van der Waals surface area contributed by atoms with Crippen molar-refractivity contribution < 1.29 is 28.5 Å². The molecular formula is C22H21IO6. The van der Waals surface area contributed by atoms with E-state index in [2.05, 4.69) is 28.7 Å². The van der Waals surface area contributed by atoms with Crippen LogP contribution in [0.1, 0.15) is 32.1 Å². The first-order chi connectivity index (χ1) is 14.0. The van der Waals surface area contributed by atoms with Gasteiger partial charge < -0.3 is 23.7 Å². The minimum Gasteiger partial charge on any atom is -0.496 e. The minimum absolute atomic E-state index is 0.0965. The molecule has 1 aliphatic carbocycles. The monoisotopic (exact) mass is 508 g/mol. The summed E-state index contributed by atoms with van der Waals surface area (Å²) < 4.78 is 28.1. The minimum atomic E-state index is -0.262. The standard InChI is InChI=1S/C22H21IO6/c1-10-15(25-2)4-11(5-16(10)26-3)19-12-6-17-18(29-9-28-17)7-13(12)21(23)14-8-27-22(24)20(14)19/h4-7,14,19-21H,8-9H2,1-3H3/t14?,19-,20?,21+/m1/s1. The van der Waals surface area contributed by atoms with Gasteiger partial charge in [0.2, 0.25) is 6.79 Å². The van der Waals surface area contributed by atoms with Crippen LogP contribution in [0.2, 0.25) is 0 Å². The number of rotatable bonds is 3. The van der Waals surface area contributed by atoms with Crippen LogP contribution < -0.4 is 18.9 Å². The third kappa shape index (κ3) is 2.77. The number of cyclic esters (lactones) is 1. The van der Waals surface area contributed by atoms with Crippen LogP contribution in [0, 0.1) is 18.8 Å². The van der Waals surface area contributed by atoms with Crippen molar-refractivity contribution in [2.45, 2.75) is 16.8 Å². The van der Waals surface area contributed by atoms with Gasteiger partial charge in [-0.3, -0.25) is 4.79 Å². The molecule has 4 atom stereocenters. The van der Waals surface area contributed by atoms with Gasteiger partial charge in [0.1, 0.15) is 11.5 Å². The first-order valence-electron chi connectivity index (χ1n) is 9.50. The first kappa shape index (κ1) is 18.8. The average molecular weight is 508 g/mol. The molecule has 29 heavy (non-hydrogen) atoms. The van der Waals surface area contributed by atoms with E-state index in [-0.39, 0.29) is 34.4 Å². The highest BCUT2D eigenvalue weighted by Crippen LogP contribution is 2.57. The second-order valence-corrected chi connectivity index (χ2v) is 8.93. The maximum absolute atomic E-state index is 12.8. The molecule has 0 saturated carbocycles. The lowest BCUT2D eigenvalue weighted by Gasteiger charge is -2.37. The summed E-state index contributed by atoms with van der Waals surface area (Å²) in [6.07, 6.45) is 0. The maximum atomic E-state index is 12.8. The second kappa shape index (κ2) is 6.97. The predicted octanol–water partition coefficient (Wildman–Crippen LogP) is 4.15. The van der Waals surface area contributed by atoms with Crippen molar-refractivity contribution in [2.75, 3.05) is 27.6 Å². The summed E-state index contributed by atoms with van der Waals surface area (Å²) in [6.45, 7) is 2.61. The van der Waals surface area contributed by atoms with Crippen LogP contribution in [0.3, 0.4) is 0 Å². The summed E-state index contributed by atoms with van der Waals surface area (Å²) in [5, 5.41) is 0. The quantitative estimate of drug-likeness (QED) is 0.353. The number of esters is 1. The molecule has 1 saturated heterocycles. The Hall–Kier alpha value is -2.16. The van der Waals surface area contributed by atoms with E-state index in [1.807, 2.05) is 25.1 Å². The second-order valence-electron chi connectivity index (χ2n) is 7.58. The van der Waals surface area contributed by atoms with E-state index in [1.54, 1.807) is 14.2 Å². The van der Waals surface area contributed by atoms with E-state index in [0.29, 0.717) is 12.4 Å². The average Bonchev–Trinajstić information content (AvgIpc) is 3.34. The Morgan fingerprint density at radius 1 is 0.966 bits per heavy atom. The lowest BCUT2D eigenvalue weighted by molar-refractivity contribution is -0.141. The molecule has 0 spiro atoms. The smallest absolute Gasteiger partial charge is 0.310 e. The van der Waals surface area contributed by atoms with Crippen LogP contribution in [0.4, 0.5) is 0 Å². The van der Waals surface area contributed by atoms with Crippen molar-refractivity contribution >= 4 is 28.6 Å². The van der Waals surface area contributed by atoms with Gasteiger partial charge in [0.15, 0.2) is 11.5 Å². The zero-order valence-electron chi connectivity index (χ0n) is 16.4. The molecule has 0 bridgehead atoms. The number of halogens is 1. The molecule has 6 nitrogen and oxygen atoms in total. The molecule has 2 aromatic rings. The van der Waals surface area contributed by atoms with Crippen molar-refractivity contribution in [1.82, 2.24) is 0 Å². The normalized spacial score (nSPS) is 26.6. The highest BCUT2D eigenvalue weighted by atomic mass is 127. The SMILES string of the molecule is COc1cc([C@@H]2c3cc4c(cc3[C@H](I)C3COC(=O)C32)OCO4)cc(OC)c1C. The number of benzene rings is 2. The summed E-state index contributed by atoms with van der Waals surface area (Å²) in [5.74, 6) is 2.46. The maximum Gasteiger partial charge on any atom is 0.310 e. The molecule has 1 fully saturated rings. The molecule has 0 amide bonds. The molecule has 152 valence electrons. The molecule has 3 aliphatic rings. The number of methoxy groups -OCH3 is 2. The largest absolute Gasteiger partial charge is 0.496 e. The highest BCUT2D eigenvalue weighted by Gasteiger charge is 2.51. The molecule has 0 aromatic heterocycles. The lowest BCUT2D eigenvalue weighted by Crippen LogP contribution is -2.32. The number of hydrogen-bond acceptors (Lipinski definition) is 6. The van der Waals surface area contributed by atoms with Gasteiger partial charge in [-0.25, -0.2) is 0 Å². The van der Waals surface area contributed by atoms with Crippen molar-refractivity contribution in [1.29, 1.82) is 0 Å². The van der Waals surface area contributed by atoms with Crippen molar-refractivity contribution in [3.63, 3.8) is 0 Å². The van der Waals surface area contributed by atoms with Crippen molar-refractivity contribution in [2.24, 2.45) is 11.8 Å². The molecule has 0 radical (unpaired) electrons. The van der Waals surface area contributed by atoms with E-state index in [9.17, 15) is 4.79 Å². The molecule has 0 N–H and O–H groups in total. The summed E-state index contributed by atoms with van der Waals surface area (Å²) >= 11 is 2.43. The summed E-state index contributed by atoms with van der Waals surface area (Å²) in [6, 6.07) is 8.10. The predicted molar refractivity (Wildman–Crippen MR) is 113 cm³/mol. The van der Waals surface area contributed by atoms with E-state index < -0.39 is 0 Å². The third-order valence-electron chi connectivity index (χ3n) is 6.23. The molecule has 5 rings (SSSR count). The summed E-state index contributed by atoms with van der Waals surface area (Å²) in [4.78, 5) is 12.8. The Morgan fingerprint density at radius 3 is 2.21 bits per heavy atom. The molecule has 2 aromatic carbocycles. The third-order valence-corrected chi connectivity index (χ3v) is 7.83. The van der Waals surface area contributed by atoms with Crippen LogP contribution >= 0.6 is 22.6 Å². The van der Waals surface area contributed by atoms with E-state index in [1.165, 1.54) is 0 Å². The van der Waals surface area contributed by atoms with Gasteiger partial charge in [0.05, 0.1) is 26.7 Å². The van der Waals surface area contributed by atoms with Crippen LogP contribution in [-0.2, 0) is 9.53 Å². The van der Waals surface area contributed by atoms with Gasteiger partial charge >= 0.3 is 5.97 Å². The van der Waals surface area contributed by atoms with Crippen LogP contribution in [-0.4, -0.2) is 33.6 Å². The Kier molecular flexibility index (Phi) is 4.53. The topological polar surface area (TPSA) is 63.2 Å². The number of hydrogen-bond donors (Lipinski definition) is 0. The zero-order chi connectivity index (χ0) is 20.3. The Morgan fingerprint density at radius 2 is 1.59 bits per heavy atom. The Labute approximate surface area is 182 Å². The van der Waals surface area contributed by atoms with Gasteiger partial charge in [0.25, 0.3) is 0 Å². The Balaban J connectivity index is 1.75. The van der Waals surface area contributed by atoms with Crippen molar-refractivity contribution in [3.8, 4) is 23.0 Å². The Bertz CT molecular complexity index is 978. The number of alkyl halides is 1. The van der Waals surface area contributed by atoms with E-state index in [4.69, 9.17) is 23.7 Å². The van der Waals surface area contributed by atoms with Crippen LogP contribution in [0.5, 0.6) is 23.0 Å². The molecule has 7 heteroatoms. The fourth-order valence-electron chi connectivity index (χ4n) is 4.78. The number of carbonyl (C=O) groups is 1. The summed E-state index contributed by atoms with van der Waals surface area (Å²) in [5.41, 5.74) is 4.14. The summed E-state index contributed by atoms with van der Waals surface area (Å²) in [7, 11) is 3.29. The van der Waals surface area contributed by atoms with Gasteiger partial charge in [-0.2, -0.15) is 0 Å². The molecule has 2 aliphatic heterocycles. The van der Waals surface area contributed by atoms with Crippen molar-refractivity contribution in [3.05, 3.63) is 46.5 Å². The van der Waals surface area contributed by atoms with E-state index in [0.717, 1.165) is 39.5 Å². The van der Waals surface area contributed by atoms with Gasteiger partial charge in [-0.05, 0) is 47.9 Å². The number of ether oxygens (including phenoxy) is 5. The molecular weight excluding hydrogens is 487 g/mol. The molecule has 2 unspecified atom stereocenters. The highest BCUT2D eigenvalue weighted by molar-refractivity contribution is 14.1. The fourth-order valence-corrected chi connectivity index (χ4v) is 5.98. The van der Waals surface area contributed by atoms with Crippen LogP contribution in [0.15, 0.2) is 24.3 Å². The fraction of sp³-hybridized carbons (Fsp3) is 0.409. The molecule has 2 heterocycles. The van der Waals surface area contributed by atoms with Gasteiger partial charge in [-0.1, -0.05) is 22.6 Å². The van der Waals surface area contributed by atoms with Gasteiger partial charge in [-0.15, -0.1) is 0 Å². The number of carbonyl (C=O) groups excluding carboxylic acids is 1. The first-order valence-corrected chi connectivity index (χ1v) is 10.7. The zero-order valence-corrected chi connectivity index (χ0v) is 18.5.